The summed E-state index contributed by atoms with van der Waals surface area (Å²) in [6.07, 6.45) is 3.93. The predicted molar refractivity (Wildman–Crippen MR) is 37.6 cm³/mol. The second-order valence-corrected chi connectivity index (χ2v) is 2.08. The van der Waals surface area contributed by atoms with E-state index in [2.05, 4.69) is 4.74 Å². The van der Waals surface area contributed by atoms with Crippen LogP contribution in [-0.2, 0) is 9.47 Å². The first-order chi connectivity index (χ1) is 4.41. The second-order valence-electron chi connectivity index (χ2n) is 2.08. The van der Waals surface area contributed by atoms with Crippen molar-refractivity contribution in [1.82, 2.24) is 0 Å². The molecule has 0 saturated carbocycles. The summed E-state index contributed by atoms with van der Waals surface area (Å²) in [5, 5.41) is 0. The van der Waals surface area contributed by atoms with E-state index < -0.39 is 0 Å². The van der Waals surface area contributed by atoms with Crippen LogP contribution in [0.1, 0.15) is 19.3 Å². The third-order valence-electron chi connectivity index (χ3n) is 1.08. The molecular formula is C7H16O2. The molecule has 2 heteroatoms. The largest absolute Gasteiger partial charge is 0.388 e. The maximum absolute atomic E-state index is 5.07. The van der Waals surface area contributed by atoms with Crippen LogP contribution in [0.5, 0.6) is 0 Å². The Hall–Kier alpha value is -0.0800. The van der Waals surface area contributed by atoms with Gasteiger partial charge in [0.1, 0.15) is 0 Å². The van der Waals surface area contributed by atoms with Crippen LogP contribution < -0.4 is 0 Å². The molecule has 0 bridgehead atoms. The first kappa shape index (κ1) is 8.92. The van der Waals surface area contributed by atoms with Crippen LogP contribution in [0.15, 0.2) is 0 Å². The molecule has 9 heavy (non-hydrogen) atoms. The standard InChI is InChI=1S/C5H10O.C2H6O/c1-2-4-6-5-3-1;1-3-2/h1-5H2;1-2H3. The molecular weight excluding hydrogens is 116 g/mol. The molecule has 1 aliphatic heterocycles. The predicted octanol–water partition coefficient (Wildman–Crippen LogP) is 1.45. The molecule has 56 valence electrons. The van der Waals surface area contributed by atoms with E-state index in [1.165, 1.54) is 19.3 Å². The van der Waals surface area contributed by atoms with E-state index in [4.69, 9.17) is 4.74 Å². The molecule has 0 aromatic heterocycles. The van der Waals surface area contributed by atoms with Gasteiger partial charge in [0.15, 0.2) is 0 Å². The normalized spacial score (nSPS) is 18.0. The summed E-state index contributed by atoms with van der Waals surface area (Å²) in [5.74, 6) is 0. The molecule has 1 rings (SSSR count). The van der Waals surface area contributed by atoms with Crippen molar-refractivity contribution in [3.63, 3.8) is 0 Å². The minimum Gasteiger partial charge on any atom is -0.388 e. The third kappa shape index (κ3) is 7.92. The van der Waals surface area contributed by atoms with Gasteiger partial charge in [-0.25, -0.2) is 0 Å². The van der Waals surface area contributed by atoms with Crippen molar-refractivity contribution in [3.05, 3.63) is 0 Å². The highest BCUT2D eigenvalue weighted by Gasteiger charge is 1.94. The minimum atomic E-state index is 1.00. The van der Waals surface area contributed by atoms with Gasteiger partial charge in [0.25, 0.3) is 0 Å². The van der Waals surface area contributed by atoms with Gasteiger partial charge in [-0.05, 0) is 19.3 Å². The van der Waals surface area contributed by atoms with E-state index in [0.717, 1.165) is 13.2 Å². The zero-order valence-electron chi connectivity index (χ0n) is 6.35. The van der Waals surface area contributed by atoms with Gasteiger partial charge in [0, 0.05) is 27.4 Å². The molecule has 0 N–H and O–H groups in total. The van der Waals surface area contributed by atoms with Crippen LogP contribution in [0.4, 0.5) is 0 Å². The molecule has 0 amide bonds. The molecule has 2 nitrogen and oxygen atoms in total. The fourth-order valence-corrected chi connectivity index (χ4v) is 0.687. The van der Waals surface area contributed by atoms with Gasteiger partial charge in [-0.1, -0.05) is 0 Å². The summed E-state index contributed by atoms with van der Waals surface area (Å²) in [6.45, 7) is 2.00. The van der Waals surface area contributed by atoms with Crippen molar-refractivity contribution in [3.8, 4) is 0 Å². The monoisotopic (exact) mass is 132 g/mol. The highest BCUT2D eigenvalue weighted by atomic mass is 16.5. The number of methoxy groups -OCH3 is 1. The zero-order chi connectivity index (χ0) is 6.95. The summed E-state index contributed by atoms with van der Waals surface area (Å²) < 4.78 is 9.32. The number of hydrogen-bond donors (Lipinski definition) is 0. The van der Waals surface area contributed by atoms with Gasteiger partial charge in [-0.15, -0.1) is 0 Å². The van der Waals surface area contributed by atoms with Crippen molar-refractivity contribution in [2.24, 2.45) is 0 Å². The lowest BCUT2D eigenvalue weighted by atomic mass is 10.2. The third-order valence-corrected chi connectivity index (χ3v) is 1.08. The summed E-state index contributed by atoms with van der Waals surface area (Å²) in [4.78, 5) is 0. The van der Waals surface area contributed by atoms with Gasteiger partial charge in [-0.3, -0.25) is 0 Å². The van der Waals surface area contributed by atoms with Crippen LogP contribution >= 0.6 is 0 Å². The molecule has 0 aliphatic carbocycles. The first-order valence-corrected chi connectivity index (χ1v) is 3.39. The smallest absolute Gasteiger partial charge is 0.0466 e. The van der Waals surface area contributed by atoms with Crippen LogP contribution in [0, 0.1) is 0 Å². The molecule has 0 unspecified atom stereocenters. The lowest BCUT2D eigenvalue weighted by Crippen LogP contribution is -2.03. The van der Waals surface area contributed by atoms with Crippen LogP contribution in [0.2, 0.25) is 0 Å². The first-order valence-electron chi connectivity index (χ1n) is 3.39. The number of hydrogen-bond acceptors (Lipinski definition) is 2. The molecule has 0 atom stereocenters. The Labute approximate surface area is 57.2 Å². The summed E-state index contributed by atoms with van der Waals surface area (Å²) in [6, 6.07) is 0. The van der Waals surface area contributed by atoms with Crippen molar-refractivity contribution in [1.29, 1.82) is 0 Å². The van der Waals surface area contributed by atoms with E-state index in [1.54, 1.807) is 14.2 Å². The molecule has 1 heterocycles. The Morgan fingerprint density at radius 3 is 1.56 bits per heavy atom. The Balaban J connectivity index is 0.000000187. The average Bonchev–Trinajstić information content (AvgIpc) is 1.93. The lowest BCUT2D eigenvalue weighted by Gasteiger charge is -2.08. The molecule has 0 aromatic carbocycles. The highest BCUT2D eigenvalue weighted by molar-refractivity contribution is 4.45. The maximum Gasteiger partial charge on any atom is 0.0466 e. The fourth-order valence-electron chi connectivity index (χ4n) is 0.687. The average molecular weight is 132 g/mol. The lowest BCUT2D eigenvalue weighted by molar-refractivity contribution is 0.0968. The Morgan fingerprint density at radius 2 is 1.44 bits per heavy atom. The van der Waals surface area contributed by atoms with Crippen LogP contribution in [-0.4, -0.2) is 27.4 Å². The van der Waals surface area contributed by atoms with E-state index in [1.807, 2.05) is 0 Å². The molecule has 1 saturated heterocycles. The molecule has 1 fully saturated rings. The van der Waals surface area contributed by atoms with E-state index in [0.29, 0.717) is 0 Å². The second kappa shape index (κ2) is 7.92. The van der Waals surface area contributed by atoms with E-state index in [-0.39, 0.29) is 0 Å². The Kier molecular flexibility index (Phi) is 7.85. The topological polar surface area (TPSA) is 18.5 Å². The Bertz CT molecular complexity index is 30.7. The summed E-state index contributed by atoms with van der Waals surface area (Å²) >= 11 is 0. The maximum atomic E-state index is 5.07. The van der Waals surface area contributed by atoms with Gasteiger partial charge >= 0.3 is 0 Å². The summed E-state index contributed by atoms with van der Waals surface area (Å²) in [7, 11) is 3.25. The van der Waals surface area contributed by atoms with E-state index in [9.17, 15) is 0 Å². The van der Waals surface area contributed by atoms with Crippen LogP contribution in [0.3, 0.4) is 0 Å². The molecule has 0 spiro atoms. The SMILES string of the molecule is C1CCOCC1.COC. The minimum absolute atomic E-state index is 1.00. The fraction of sp³-hybridized carbons (Fsp3) is 1.00. The van der Waals surface area contributed by atoms with Gasteiger partial charge < -0.3 is 9.47 Å². The van der Waals surface area contributed by atoms with Crippen molar-refractivity contribution >= 4 is 0 Å². The van der Waals surface area contributed by atoms with Crippen LogP contribution in [0.25, 0.3) is 0 Å². The number of ether oxygens (including phenoxy) is 2. The van der Waals surface area contributed by atoms with Gasteiger partial charge in [0.05, 0.1) is 0 Å². The van der Waals surface area contributed by atoms with Crippen molar-refractivity contribution in [2.75, 3.05) is 27.4 Å². The number of rotatable bonds is 0. The highest BCUT2D eigenvalue weighted by Crippen LogP contribution is 2.02. The molecule has 0 radical (unpaired) electrons. The van der Waals surface area contributed by atoms with Gasteiger partial charge in [0.2, 0.25) is 0 Å². The zero-order valence-corrected chi connectivity index (χ0v) is 6.35. The van der Waals surface area contributed by atoms with Crippen molar-refractivity contribution in [2.45, 2.75) is 19.3 Å². The summed E-state index contributed by atoms with van der Waals surface area (Å²) in [5.41, 5.74) is 0. The van der Waals surface area contributed by atoms with E-state index >= 15 is 0 Å². The Morgan fingerprint density at radius 1 is 1.00 bits per heavy atom. The molecule has 0 aromatic rings. The molecule has 1 aliphatic rings. The van der Waals surface area contributed by atoms with Gasteiger partial charge in [-0.2, -0.15) is 0 Å². The quantitative estimate of drug-likeness (QED) is 0.496. The van der Waals surface area contributed by atoms with Crippen molar-refractivity contribution < 1.29 is 9.47 Å².